The first kappa shape index (κ1) is 13.0. The smallest absolute Gasteiger partial charge is 0.310 e. The van der Waals surface area contributed by atoms with Crippen LogP contribution in [0.15, 0.2) is 0 Å². The van der Waals surface area contributed by atoms with Gasteiger partial charge in [-0.15, -0.1) is 0 Å². The van der Waals surface area contributed by atoms with E-state index in [1.807, 2.05) is 13.8 Å². The van der Waals surface area contributed by atoms with Crippen LogP contribution in [0.2, 0.25) is 0 Å². The van der Waals surface area contributed by atoms with Crippen molar-refractivity contribution in [3.8, 4) is 0 Å². The zero-order valence-electron chi connectivity index (χ0n) is 10.1. The maximum Gasteiger partial charge on any atom is 0.310 e. The van der Waals surface area contributed by atoms with Crippen molar-refractivity contribution in [3.05, 3.63) is 0 Å². The minimum Gasteiger partial charge on any atom is -0.469 e. The molecule has 1 amide bonds. The van der Waals surface area contributed by atoms with E-state index in [4.69, 9.17) is 10.5 Å². The molecule has 0 aromatic rings. The van der Waals surface area contributed by atoms with Gasteiger partial charge in [-0.3, -0.25) is 9.59 Å². The lowest BCUT2D eigenvalue weighted by Gasteiger charge is -2.35. The van der Waals surface area contributed by atoms with E-state index in [2.05, 4.69) is 0 Å². The lowest BCUT2D eigenvalue weighted by molar-refractivity contribution is -0.150. The number of rotatable bonds is 2. The number of carbonyl (C=O) groups is 2. The Balaban J connectivity index is 2.68. The molecule has 2 unspecified atom stereocenters. The fourth-order valence-electron chi connectivity index (χ4n) is 2.02. The van der Waals surface area contributed by atoms with Gasteiger partial charge in [0, 0.05) is 25.0 Å². The number of amides is 1. The highest BCUT2D eigenvalue weighted by Crippen LogP contribution is 2.18. The van der Waals surface area contributed by atoms with Crippen molar-refractivity contribution in [2.45, 2.75) is 26.3 Å². The summed E-state index contributed by atoms with van der Waals surface area (Å²) in [6.07, 6.45) is 0.592. The zero-order chi connectivity index (χ0) is 12.3. The molecule has 16 heavy (non-hydrogen) atoms. The number of likely N-dealkylation sites (tertiary alicyclic amines) is 1. The molecule has 1 aliphatic heterocycles. The quantitative estimate of drug-likeness (QED) is 0.675. The van der Waals surface area contributed by atoms with E-state index in [0.29, 0.717) is 19.5 Å². The van der Waals surface area contributed by atoms with Crippen LogP contribution >= 0.6 is 0 Å². The van der Waals surface area contributed by atoms with Gasteiger partial charge in [0.2, 0.25) is 5.91 Å². The van der Waals surface area contributed by atoms with Crippen LogP contribution in [-0.2, 0) is 14.3 Å². The SMILES string of the molecule is COC(=O)C1CC(N)CN(C(=O)C(C)C)C1. The number of nitrogens with zero attached hydrogens (tertiary/aromatic N) is 1. The first-order valence-corrected chi connectivity index (χ1v) is 5.58. The Kier molecular flexibility index (Phi) is 4.29. The largest absolute Gasteiger partial charge is 0.469 e. The minimum absolute atomic E-state index is 0.0454. The maximum absolute atomic E-state index is 11.8. The van der Waals surface area contributed by atoms with Crippen LogP contribution in [0.25, 0.3) is 0 Å². The molecule has 1 heterocycles. The number of piperidine rings is 1. The predicted octanol–water partition coefficient (Wildman–Crippen LogP) is -0.00880. The first-order valence-electron chi connectivity index (χ1n) is 5.58. The molecule has 0 aliphatic carbocycles. The van der Waals surface area contributed by atoms with Crippen molar-refractivity contribution < 1.29 is 14.3 Å². The van der Waals surface area contributed by atoms with Crippen LogP contribution in [0.5, 0.6) is 0 Å². The average molecular weight is 228 g/mol. The van der Waals surface area contributed by atoms with E-state index >= 15 is 0 Å². The van der Waals surface area contributed by atoms with Gasteiger partial charge in [0.05, 0.1) is 13.0 Å². The van der Waals surface area contributed by atoms with Crippen molar-refractivity contribution >= 4 is 11.9 Å². The summed E-state index contributed by atoms with van der Waals surface area (Å²) in [6.45, 7) is 4.65. The zero-order valence-corrected chi connectivity index (χ0v) is 10.1. The molecule has 0 radical (unpaired) electrons. The summed E-state index contributed by atoms with van der Waals surface area (Å²) in [5.41, 5.74) is 5.84. The van der Waals surface area contributed by atoms with E-state index in [9.17, 15) is 9.59 Å². The Morgan fingerprint density at radius 2 is 2.00 bits per heavy atom. The van der Waals surface area contributed by atoms with Crippen molar-refractivity contribution in [2.24, 2.45) is 17.6 Å². The number of ether oxygens (including phenoxy) is 1. The highest BCUT2D eigenvalue weighted by molar-refractivity contribution is 5.80. The average Bonchev–Trinajstić information content (AvgIpc) is 2.25. The number of esters is 1. The summed E-state index contributed by atoms with van der Waals surface area (Å²) < 4.78 is 4.69. The monoisotopic (exact) mass is 228 g/mol. The highest BCUT2D eigenvalue weighted by atomic mass is 16.5. The Labute approximate surface area is 95.9 Å². The van der Waals surface area contributed by atoms with Gasteiger partial charge in [0.15, 0.2) is 0 Å². The Morgan fingerprint density at radius 1 is 1.38 bits per heavy atom. The molecule has 2 N–H and O–H groups in total. The number of methoxy groups -OCH3 is 1. The molecule has 0 spiro atoms. The van der Waals surface area contributed by atoms with Crippen LogP contribution in [0.3, 0.4) is 0 Å². The Hall–Kier alpha value is -1.10. The Bertz CT molecular complexity index is 278. The molecule has 1 saturated heterocycles. The molecule has 0 aromatic carbocycles. The molecule has 92 valence electrons. The van der Waals surface area contributed by atoms with Gasteiger partial charge in [-0.05, 0) is 6.42 Å². The molecule has 0 aromatic heterocycles. The third-order valence-electron chi connectivity index (χ3n) is 2.82. The number of hydrogen-bond donors (Lipinski definition) is 1. The van der Waals surface area contributed by atoms with Gasteiger partial charge in [-0.1, -0.05) is 13.8 Å². The highest BCUT2D eigenvalue weighted by Gasteiger charge is 2.33. The molecular formula is C11H20N2O3. The van der Waals surface area contributed by atoms with Crippen LogP contribution in [-0.4, -0.2) is 43.0 Å². The van der Waals surface area contributed by atoms with E-state index < -0.39 is 0 Å². The minimum atomic E-state index is -0.281. The van der Waals surface area contributed by atoms with Crippen molar-refractivity contribution in [1.82, 2.24) is 4.90 Å². The first-order chi connectivity index (χ1) is 7.45. The maximum atomic E-state index is 11.8. The second-order valence-electron chi connectivity index (χ2n) is 4.61. The molecule has 1 fully saturated rings. The molecule has 5 heteroatoms. The standard InChI is InChI=1S/C11H20N2O3/c1-7(2)10(14)13-5-8(11(15)16-3)4-9(12)6-13/h7-9H,4-6,12H2,1-3H3. The predicted molar refractivity (Wildman–Crippen MR) is 59.5 cm³/mol. The van der Waals surface area contributed by atoms with Gasteiger partial charge in [0.25, 0.3) is 0 Å². The van der Waals surface area contributed by atoms with Crippen LogP contribution in [0.4, 0.5) is 0 Å². The van der Waals surface area contributed by atoms with Gasteiger partial charge < -0.3 is 15.4 Å². The summed E-state index contributed by atoms with van der Waals surface area (Å²) in [5.74, 6) is -0.583. The fourth-order valence-corrected chi connectivity index (χ4v) is 2.02. The molecule has 0 saturated carbocycles. The van der Waals surface area contributed by atoms with E-state index in [1.54, 1.807) is 4.90 Å². The summed E-state index contributed by atoms with van der Waals surface area (Å²) >= 11 is 0. The third-order valence-corrected chi connectivity index (χ3v) is 2.82. The third kappa shape index (κ3) is 2.95. The van der Waals surface area contributed by atoms with Crippen molar-refractivity contribution in [1.29, 1.82) is 0 Å². The van der Waals surface area contributed by atoms with Crippen LogP contribution < -0.4 is 5.73 Å². The second-order valence-corrected chi connectivity index (χ2v) is 4.61. The lowest BCUT2D eigenvalue weighted by Crippen LogP contribution is -2.52. The van der Waals surface area contributed by atoms with Crippen molar-refractivity contribution in [2.75, 3.05) is 20.2 Å². The summed E-state index contributed by atoms with van der Waals surface area (Å²) in [5, 5.41) is 0. The molecule has 5 nitrogen and oxygen atoms in total. The van der Waals surface area contributed by atoms with E-state index in [-0.39, 0.29) is 29.8 Å². The van der Waals surface area contributed by atoms with E-state index in [1.165, 1.54) is 7.11 Å². The van der Waals surface area contributed by atoms with Gasteiger partial charge in [-0.2, -0.15) is 0 Å². The molecule has 1 aliphatic rings. The molecule has 2 atom stereocenters. The number of hydrogen-bond acceptors (Lipinski definition) is 4. The number of carbonyl (C=O) groups excluding carboxylic acids is 2. The van der Waals surface area contributed by atoms with Crippen LogP contribution in [0.1, 0.15) is 20.3 Å². The summed E-state index contributed by atoms with van der Waals surface area (Å²) in [7, 11) is 1.36. The summed E-state index contributed by atoms with van der Waals surface area (Å²) in [4.78, 5) is 24.9. The van der Waals surface area contributed by atoms with E-state index in [0.717, 1.165) is 0 Å². The molecule has 0 bridgehead atoms. The van der Waals surface area contributed by atoms with Crippen LogP contribution in [0, 0.1) is 11.8 Å². The van der Waals surface area contributed by atoms with Gasteiger partial charge >= 0.3 is 5.97 Å². The number of nitrogens with two attached hydrogens (primary N) is 1. The van der Waals surface area contributed by atoms with Gasteiger partial charge in [0.1, 0.15) is 0 Å². The molecule has 1 rings (SSSR count). The van der Waals surface area contributed by atoms with Crippen molar-refractivity contribution in [3.63, 3.8) is 0 Å². The topological polar surface area (TPSA) is 72.6 Å². The lowest BCUT2D eigenvalue weighted by atomic mass is 9.94. The normalized spacial score (nSPS) is 25.7. The summed E-state index contributed by atoms with van der Waals surface area (Å²) in [6, 6.07) is -0.138. The van der Waals surface area contributed by atoms with Gasteiger partial charge in [-0.25, -0.2) is 0 Å². The fraction of sp³-hybridized carbons (Fsp3) is 0.818. The second kappa shape index (κ2) is 5.30. The molecular weight excluding hydrogens is 208 g/mol. The Morgan fingerprint density at radius 3 is 2.50 bits per heavy atom.